The number of carbonyl (C=O) groups is 1. The molecule has 1 amide bonds. The molecule has 1 aliphatic rings. The fourth-order valence-electron chi connectivity index (χ4n) is 3.01. The summed E-state index contributed by atoms with van der Waals surface area (Å²) in [6.45, 7) is 2.97. The van der Waals surface area contributed by atoms with Gasteiger partial charge in [0.25, 0.3) is 5.91 Å². The Morgan fingerprint density at radius 1 is 1.11 bits per heavy atom. The van der Waals surface area contributed by atoms with Gasteiger partial charge in [-0.1, -0.05) is 18.5 Å². The summed E-state index contributed by atoms with van der Waals surface area (Å²) in [5.74, 6) is 0.256. The van der Waals surface area contributed by atoms with Crippen LogP contribution >= 0.6 is 11.6 Å². The molecule has 2 aromatic carbocycles. The van der Waals surface area contributed by atoms with Gasteiger partial charge in [-0.05, 0) is 67.8 Å². The van der Waals surface area contributed by atoms with Crippen molar-refractivity contribution < 1.29 is 17.9 Å². The first kappa shape index (κ1) is 20.6. The highest BCUT2D eigenvalue weighted by Crippen LogP contribution is 2.23. The third-order valence-electron chi connectivity index (χ3n) is 4.58. The number of anilines is 1. The van der Waals surface area contributed by atoms with Gasteiger partial charge in [0, 0.05) is 23.8 Å². The lowest BCUT2D eigenvalue weighted by Crippen LogP contribution is -2.32. The molecule has 0 aliphatic carbocycles. The van der Waals surface area contributed by atoms with Gasteiger partial charge in [-0.25, -0.2) is 8.42 Å². The van der Waals surface area contributed by atoms with Gasteiger partial charge >= 0.3 is 0 Å². The van der Waals surface area contributed by atoms with E-state index in [1.165, 1.54) is 16.4 Å². The zero-order chi connectivity index (χ0) is 20.1. The highest BCUT2D eigenvalue weighted by atomic mass is 35.5. The standard InChI is InChI=1S/C20H23ClN2O4S/c1-2-19(27-17-9-5-15(21)6-10-17)20(24)22-16-7-11-18(12-8-16)28(25,26)23-13-3-4-14-23/h5-12,19H,2-4,13-14H2,1H3,(H,22,24)/t19-/m0/s1. The number of ether oxygens (including phenoxy) is 1. The molecule has 1 saturated heterocycles. The second kappa shape index (κ2) is 8.94. The first-order valence-electron chi connectivity index (χ1n) is 9.23. The van der Waals surface area contributed by atoms with Crippen molar-refractivity contribution in [1.82, 2.24) is 4.31 Å². The van der Waals surface area contributed by atoms with Crippen LogP contribution in [0, 0.1) is 0 Å². The number of benzene rings is 2. The Kier molecular flexibility index (Phi) is 6.59. The van der Waals surface area contributed by atoms with E-state index in [2.05, 4.69) is 5.32 Å². The zero-order valence-electron chi connectivity index (χ0n) is 15.6. The predicted molar refractivity (Wildman–Crippen MR) is 109 cm³/mol. The fraction of sp³-hybridized carbons (Fsp3) is 0.350. The maximum Gasteiger partial charge on any atom is 0.265 e. The Labute approximate surface area is 170 Å². The minimum atomic E-state index is -3.46. The van der Waals surface area contributed by atoms with E-state index in [0.717, 1.165) is 12.8 Å². The molecular formula is C20H23ClN2O4S. The van der Waals surface area contributed by atoms with Crippen LogP contribution in [-0.4, -0.2) is 37.8 Å². The van der Waals surface area contributed by atoms with Crippen molar-refractivity contribution >= 4 is 33.2 Å². The van der Waals surface area contributed by atoms with Gasteiger partial charge in [0.15, 0.2) is 6.10 Å². The maximum absolute atomic E-state index is 12.6. The van der Waals surface area contributed by atoms with Gasteiger partial charge in [-0.3, -0.25) is 4.79 Å². The highest BCUT2D eigenvalue weighted by Gasteiger charge is 2.27. The van der Waals surface area contributed by atoms with Crippen LogP contribution in [0.2, 0.25) is 5.02 Å². The molecule has 0 radical (unpaired) electrons. The molecule has 0 aromatic heterocycles. The molecule has 0 bridgehead atoms. The monoisotopic (exact) mass is 422 g/mol. The number of nitrogens with one attached hydrogen (secondary N) is 1. The molecule has 1 aliphatic heterocycles. The van der Waals surface area contributed by atoms with Crippen LogP contribution < -0.4 is 10.1 Å². The second-order valence-corrected chi connectivity index (χ2v) is 8.97. The Morgan fingerprint density at radius 2 is 1.71 bits per heavy atom. The first-order chi connectivity index (χ1) is 13.4. The van der Waals surface area contributed by atoms with E-state index in [0.29, 0.717) is 36.0 Å². The average Bonchev–Trinajstić information content (AvgIpc) is 3.23. The van der Waals surface area contributed by atoms with Gasteiger partial charge < -0.3 is 10.1 Å². The molecule has 1 atom stereocenters. The quantitative estimate of drug-likeness (QED) is 0.733. The molecule has 6 nitrogen and oxygen atoms in total. The van der Waals surface area contributed by atoms with Crippen molar-refractivity contribution in [2.75, 3.05) is 18.4 Å². The van der Waals surface area contributed by atoms with Gasteiger partial charge in [0.1, 0.15) is 5.75 Å². The molecule has 1 fully saturated rings. The molecule has 2 aromatic rings. The number of halogens is 1. The summed E-state index contributed by atoms with van der Waals surface area (Å²) in [6, 6.07) is 13.0. The molecule has 0 saturated carbocycles. The number of carbonyl (C=O) groups excluding carboxylic acids is 1. The number of rotatable bonds is 7. The molecule has 1 heterocycles. The van der Waals surface area contributed by atoms with Crippen molar-refractivity contribution in [3.63, 3.8) is 0 Å². The lowest BCUT2D eigenvalue weighted by molar-refractivity contribution is -0.122. The van der Waals surface area contributed by atoms with Crippen LogP contribution in [0.4, 0.5) is 5.69 Å². The van der Waals surface area contributed by atoms with E-state index < -0.39 is 16.1 Å². The largest absolute Gasteiger partial charge is 0.481 e. The van der Waals surface area contributed by atoms with Crippen LogP contribution in [0.1, 0.15) is 26.2 Å². The summed E-state index contributed by atoms with van der Waals surface area (Å²) in [4.78, 5) is 12.8. The van der Waals surface area contributed by atoms with E-state index in [9.17, 15) is 13.2 Å². The van der Waals surface area contributed by atoms with E-state index >= 15 is 0 Å². The molecule has 150 valence electrons. The Morgan fingerprint density at radius 3 is 2.29 bits per heavy atom. The summed E-state index contributed by atoms with van der Waals surface area (Å²) < 4.78 is 32.3. The third-order valence-corrected chi connectivity index (χ3v) is 6.74. The Balaban J connectivity index is 1.65. The molecule has 1 N–H and O–H groups in total. The van der Waals surface area contributed by atoms with Crippen LogP contribution in [0.15, 0.2) is 53.4 Å². The molecule has 0 spiro atoms. The lowest BCUT2D eigenvalue weighted by Gasteiger charge is -2.18. The first-order valence-corrected chi connectivity index (χ1v) is 11.1. The highest BCUT2D eigenvalue weighted by molar-refractivity contribution is 7.89. The number of amides is 1. The zero-order valence-corrected chi connectivity index (χ0v) is 17.2. The van der Waals surface area contributed by atoms with E-state index in [1.807, 2.05) is 6.92 Å². The SMILES string of the molecule is CC[C@H](Oc1ccc(Cl)cc1)C(=O)Nc1ccc(S(=O)(=O)N2CCCC2)cc1. The minimum Gasteiger partial charge on any atom is -0.481 e. The summed E-state index contributed by atoms with van der Waals surface area (Å²) in [6.07, 6.45) is 1.59. The lowest BCUT2D eigenvalue weighted by atomic mass is 10.2. The van der Waals surface area contributed by atoms with Crippen molar-refractivity contribution in [2.45, 2.75) is 37.2 Å². The normalized spacial score (nSPS) is 15.9. The van der Waals surface area contributed by atoms with Crippen LogP contribution in [0.5, 0.6) is 5.75 Å². The fourth-order valence-corrected chi connectivity index (χ4v) is 4.65. The van der Waals surface area contributed by atoms with Crippen molar-refractivity contribution in [3.8, 4) is 5.75 Å². The Bertz CT molecular complexity index is 908. The van der Waals surface area contributed by atoms with Gasteiger partial charge in [0.05, 0.1) is 4.90 Å². The summed E-state index contributed by atoms with van der Waals surface area (Å²) in [5.41, 5.74) is 0.517. The van der Waals surface area contributed by atoms with Crippen LogP contribution in [0.25, 0.3) is 0 Å². The number of hydrogen-bond acceptors (Lipinski definition) is 4. The number of nitrogens with zero attached hydrogens (tertiary/aromatic N) is 1. The minimum absolute atomic E-state index is 0.233. The molecular weight excluding hydrogens is 400 g/mol. The van der Waals surface area contributed by atoms with Crippen molar-refractivity contribution in [1.29, 1.82) is 0 Å². The van der Waals surface area contributed by atoms with E-state index in [4.69, 9.17) is 16.3 Å². The van der Waals surface area contributed by atoms with Crippen molar-refractivity contribution in [3.05, 3.63) is 53.6 Å². The van der Waals surface area contributed by atoms with Gasteiger partial charge in [-0.15, -0.1) is 0 Å². The smallest absolute Gasteiger partial charge is 0.265 e. The second-order valence-electron chi connectivity index (χ2n) is 6.59. The van der Waals surface area contributed by atoms with Crippen molar-refractivity contribution in [2.24, 2.45) is 0 Å². The predicted octanol–water partition coefficient (Wildman–Crippen LogP) is 3.92. The van der Waals surface area contributed by atoms with Crippen LogP contribution in [0.3, 0.4) is 0 Å². The molecule has 28 heavy (non-hydrogen) atoms. The summed E-state index contributed by atoms with van der Waals surface area (Å²) in [7, 11) is -3.46. The summed E-state index contributed by atoms with van der Waals surface area (Å²) in [5, 5.41) is 3.37. The van der Waals surface area contributed by atoms with Gasteiger partial charge in [0.2, 0.25) is 10.0 Å². The topological polar surface area (TPSA) is 75.7 Å². The Hall–Kier alpha value is -2.09. The van der Waals surface area contributed by atoms with E-state index in [-0.39, 0.29) is 10.8 Å². The van der Waals surface area contributed by atoms with Crippen LogP contribution in [-0.2, 0) is 14.8 Å². The van der Waals surface area contributed by atoms with E-state index in [1.54, 1.807) is 36.4 Å². The average molecular weight is 423 g/mol. The maximum atomic E-state index is 12.6. The summed E-state index contributed by atoms with van der Waals surface area (Å²) >= 11 is 5.86. The molecule has 3 rings (SSSR count). The molecule has 8 heteroatoms. The number of hydrogen-bond donors (Lipinski definition) is 1. The third kappa shape index (κ3) is 4.84. The number of sulfonamides is 1. The van der Waals surface area contributed by atoms with Gasteiger partial charge in [-0.2, -0.15) is 4.31 Å². The molecule has 0 unspecified atom stereocenters.